The first-order valence-electron chi connectivity index (χ1n) is 7.21. The van der Waals surface area contributed by atoms with E-state index in [2.05, 4.69) is 22.6 Å². The zero-order chi connectivity index (χ0) is 17.9. The molecule has 1 atom stereocenters. The van der Waals surface area contributed by atoms with E-state index in [-0.39, 0.29) is 15.1 Å². The Morgan fingerprint density at radius 1 is 0.920 bits per heavy atom. The highest BCUT2D eigenvalue weighted by atomic mass is 127. The molecule has 0 N–H and O–H groups in total. The molecule has 1 aliphatic rings. The predicted molar refractivity (Wildman–Crippen MR) is 96.0 cm³/mol. The molecule has 2 aromatic carbocycles. The van der Waals surface area contributed by atoms with E-state index in [0.717, 1.165) is 17.7 Å². The van der Waals surface area contributed by atoms with E-state index in [4.69, 9.17) is 0 Å². The SMILES string of the molecule is Fc1ccc2c(c1F)-c1cc(C(F)(F)F)sc1-c1ccccc1C2I. The fourth-order valence-corrected chi connectivity index (χ4v) is 5.20. The second-order valence-electron chi connectivity index (χ2n) is 5.63. The van der Waals surface area contributed by atoms with Gasteiger partial charge in [-0.25, -0.2) is 8.78 Å². The summed E-state index contributed by atoms with van der Waals surface area (Å²) in [5.74, 6) is -2.18. The molecule has 1 aliphatic carbocycles. The highest BCUT2D eigenvalue weighted by Crippen LogP contribution is 2.53. The summed E-state index contributed by atoms with van der Waals surface area (Å²) in [5.41, 5.74) is 1.88. The fraction of sp³-hybridized carbons (Fsp3) is 0.111. The summed E-state index contributed by atoms with van der Waals surface area (Å²) in [6, 6.07) is 10.4. The summed E-state index contributed by atoms with van der Waals surface area (Å²) < 4.78 is 67.8. The number of alkyl halides is 4. The molecule has 0 spiro atoms. The molecule has 0 saturated carbocycles. The summed E-state index contributed by atoms with van der Waals surface area (Å²) in [4.78, 5) is -0.512. The first-order chi connectivity index (χ1) is 11.8. The van der Waals surface area contributed by atoms with E-state index in [0.29, 0.717) is 27.3 Å². The normalized spacial score (nSPS) is 16.0. The molecule has 0 fully saturated rings. The minimum absolute atomic E-state index is 0.0858. The van der Waals surface area contributed by atoms with Crippen molar-refractivity contribution in [1.29, 1.82) is 0 Å². The van der Waals surface area contributed by atoms with E-state index < -0.39 is 22.7 Å². The third kappa shape index (κ3) is 2.59. The van der Waals surface area contributed by atoms with Crippen LogP contribution in [0, 0.1) is 11.6 Å². The largest absolute Gasteiger partial charge is 0.425 e. The van der Waals surface area contributed by atoms with E-state index in [1.807, 2.05) is 0 Å². The van der Waals surface area contributed by atoms with Crippen LogP contribution in [0.2, 0.25) is 0 Å². The van der Waals surface area contributed by atoms with Gasteiger partial charge in [-0.1, -0.05) is 52.9 Å². The number of thiophene rings is 1. The molecule has 1 unspecified atom stereocenters. The fourth-order valence-electron chi connectivity index (χ4n) is 3.06. The first-order valence-corrected chi connectivity index (χ1v) is 9.28. The molecule has 0 aliphatic heterocycles. The van der Waals surface area contributed by atoms with Gasteiger partial charge in [-0.15, -0.1) is 11.3 Å². The lowest BCUT2D eigenvalue weighted by atomic mass is 9.98. The molecule has 1 aromatic heterocycles. The molecule has 0 radical (unpaired) electrons. The minimum atomic E-state index is -4.54. The lowest BCUT2D eigenvalue weighted by Crippen LogP contribution is -2.02. The number of fused-ring (bicyclic) bond motifs is 5. The van der Waals surface area contributed by atoms with Gasteiger partial charge in [-0.3, -0.25) is 0 Å². The van der Waals surface area contributed by atoms with Gasteiger partial charge in [-0.2, -0.15) is 13.2 Å². The third-order valence-corrected chi connectivity index (χ3v) is 6.71. The zero-order valence-corrected chi connectivity index (χ0v) is 15.3. The maximum Gasteiger partial charge on any atom is 0.425 e. The molecule has 0 nitrogen and oxygen atoms in total. The molecular formula is C18H8F5IS. The number of rotatable bonds is 0. The summed E-state index contributed by atoms with van der Waals surface area (Å²) in [7, 11) is 0. The van der Waals surface area contributed by atoms with Gasteiger partial charge in [0.2, 0.25) is 0 Å². The van der Waals surface area contributed by atoms with Crippen molar-refractivity contribution in [2.24, 2.45) is 0 Å². The maximum absolute atomic E-state index is 14.6. The molecule has 0 bridgehead atoms. The van der Waals surface area contributed by atoms with Crippen LogP contribution in [-0.4, -0.2) is 0 Å². The Morgan fingerprint density at radius 3 is 2.36 bits per heavy atom. The van der Waals surface area contributed by atoms with E-state index in [1.165, 1.54) is 6.07 Å². The average molecular weight is 478 g/mol. The number of hydrogen-bond donors (Lipinski definition) is 0. The number of benzene rings is 2. The van der Waals surface area contributed by atoms with Crippen molar-refractivity contribution < 1.29 is 22.0 Å². The Labute approximate surface area is 157 Å². The number of halogens is 6. The maximum atomic E-state index is 14.6. The lowest BCUT2D eigenvalue weighted by molar-refractivity contribution is -0.134. The summed E-state index contributed by atoms with van der Waals surface area (Å²) in [6.07, 6.45) is -4.54. The monoisotopic (exact) mass is 478 g/mol. The van der Waals surface area contributed by atoms with Crippen molar-refractivity contribution in [3.63, 3.8) is 0 Å². The van der Waals surface area contributed by atoms with Crippen LogP contribution in [0.5, 0.6) is 0 Å². The Balaban J connectivity index is 2.15. The van der Waals surface area contributed by atoms with Crippen molar-refractivity contribution in [2.45, 2.75) is 10.1 Å². The van der Waals surface area contributed by atoms with Crippen molar-refractivity contribution in [2.75, 3.05) is 0 Å². The topological polar surface area (TPSA) is 0 Å². The Hall–Kier alpha value is -1.48. The molecule has 25 heavy (non-hydrogen) atoms. The smallest absolute Gasteiger partial charge is 0.204 e. The second kappa shape index (κ2) is 5.77. The summed E-state index contributed by atoms with van der Waals surface area (Å²) in [6.45, 7) is 0. The highest BCUT2D eigenvalue weighted by Gasteiger charge is 2.37. The zero-order valence-electron chi connectivity index (χ0n) is 12.3. The van der Waals surface area contributed by atoms with Gasteiger partial charge in [0.05, 0.1) is 3.92 Å². The third-order valence-electron chi connectivity index (χ3n) is 4.16. The van der Waals surface area contributed by atoms with Crippen molar-refractivity contribution in [3.05, 3.63) is 70.1 Å². The van der Waals surface area contributed by atoms with Crippen LogP contribution < -0.4 is 0 Å². The van der Waals surface area contributed by atoms with E-state index in [1.54, 1.807) is 24.3 Å². The number of hydrogen-bond acceptors (Lipinski definition) is 1. The van der Waals surface area contributed by atoms with Crippen molar-refractivity contribution in [3.8, 4) is 21.6 Å². The van der Waals surface area contributed by atoms with Crippen LogP contribution in [0.15, 0.2) is 42.5 Å². The van der Waals surface area contributed by atoms with Gasteiger partial charge in [0, 0.05) is 16.0 Å². The van der Waals surface area contributed by atoms with Gasteiger partial charge in [0.1, 0.15) is 4.88 Å². The lowest BCUT2D eigenvalue weighted by Gasteiger charge is -2.15. The first kappa shape index (κ1) is 17.0. The van der Waals surface area contributed by atoms with Crippen molar-refractivity contribution in [1.82, 2.24) is 0 Å². The standard InChI is InChI=1S/C18H8F5IS/c19-12-6-5-10-14(15(12)20)11-7-13(18(21,22)23)25-17(11)9-4-2-1-3-8(9)16(10)24/h1-7,16H. The molecule has 0 saturated heterocycles. The highest BCUT2D eigenvalue weighted by molar-refractivity contribution is 14.1. The quantitative estimate of drug-likeness (QED) is 0.182. The van der Waals surface area contributed by atoms with Crippen LogP contribution >= 0.6 is 33.9 Å². The summed E-state index contributed by atoms with van der Waals surface area (Å²) in [5, 5.41) is 0. The predicted octanol–water partition coefficient (Wildman–Crippen LogP) is 7.22. The van der Waals surface area contributed by atoms with Gasteiger partial charge in [-0.05, 0) is 28.8 Å². The summed E-state index contributed by atoms with van der Waals surface area (Å²) >= 11 is 2.67. The van der Waals surface area contributed by atoms with Crippen LogP contribution in [-0.2, 0) is 6.18 Å². The molecule has 128 valence electrons. The molecule has 3 aromatic rings. The minimum Gasteiger partial charge on any atom is -0.204 e. The molecule has 7 heteroatoms. The Morgan fingerprint density at radius 2 is 1.64 bits per heavy atom. The van der Waals surface area contributed by atoms with Gasteiger partial charge < -0.3 is 0 Å². The molecule has 1 heterocycles. The van der Waals surface area contributed by atoms with E-state index in [9.17, 15) is 22.0 Å². The Bertz CT molecular complexity index is 990. The molecular weight excluding hydrogens is 470 g/mol. The van der Waals surface area contributed by atoms with Gasteiger partial charge in [0.15, 0.2) is 11.6 Å². The van der Waals surface area contributed by atoms with Gasteiger partial charge in [0.25, 0.3) is 0 Å². The van der Waals surface area contributed by atoms with Crippen LogP contribution in [0.3, 0.4) is 0 Å². The second-order valence-corrected chi connectivity index (χ2v) is 7.92. The van der Waals surface area contributed by atoms with Crippen LogP contribution in [0.4, 0.5) is 22.0 Å². The van der Waals surface area contributed by atoms with E-state index >= 15 is 0 Å². The van der Waals surface area contributed by atoms with Gasteiger partial charge >= 0.3 is 6.18 Å². The van der Waals surface area contributed by atoms with Crippen LogP contribution in [0.1, 0.15) is 19.9 Å². The van der Waals surface area contributed by atoms with Crippen LogP contribution in [0.25, 0.3) is 21.6 Å². The molecule has 0 amide bonds. The van der Waals surface area contributed by atoms with Crippen molar-refractivity contribution >= 4 is 33.9 Å². The molecule has 4 rings (SSSR count). The average Bonchev–Trinajstić information content (AvgIpc) is 2.98. The Kier molecular flexibility index (Phi) is 3.91.